The fraction of sp³-hybridized carbons (Fsp3) is 0.429. The van der Waals surface area contributed by atoms with Gasteiger partial charge in [0.15, 0.2) is 12.4 Å². The third-order valence-corrected chi connectivity index (χ3v) is 1.57. The van der Waals surface area contributed by atoms with Gasteiger partial charge in [-0.25, -0.2) is 4.68 Å². The van der Waals surface area contributed by atoms with E-state index < -0.39 is 0 Å². The Labute approximate surface area is 63.8 Å². The average Bonchev–Trinajstić information content (AvgIpc) is 2.27. The highest BCUT2D eigenvalue weighted by Gasteiger charge is 2.16. The van der Waals surface area contributed by atoms with E-state index in [4.69, 9.17) is 4.74 Å². The van der Waals surface area contributed by atoms with Crippen molar-refractivity contribution < 1.29 is 9.53 Å². The molecule has 1 aliphatic rings. The highest BCUT2D eigenvalue weighted by Crippen LogP contribution is 2.15. The van der Waals surface area contributed by atoms with Crippen LogP contribution in [0.1, 0.15) is 5.69 Å². The molecule has 0 aromatic carbocycles. The maximum atomic E-state index is 10.8. The van der Waals surface area contributed by atoms with Crippen molar-refractivity contribution in [3.63, 3.8) is 0 Å². The van der Waals surface area contributed by atoms with Crippen LogP contribution in [0.25, 0.3) is 0 Å². The van der Waals surface area contributed by atoms with Crippen LogP contribution >= 0.6 is 0 Å². The standard InChI is InChI=1S/C7H8N2O2/c1-5-2-7-9(8-5)3-6(10)4-11-7/h2H,3-4H2,1H3. The fourth-order valence-corrected chi connectivity index (χ4v) is 1.12. The number of ketones is 1. The van der Waals surface area contributed by atoms with E-state index >= 15 is 0 Å². The number of nitrogens with zero attached hydrogens (tertiary/aromatic N) is 2. The first kappa shape index (κ1) is 6.39. The third-order valence-electron chi connectivity index (χ3n) is 1.57. The third kappa shape index (κ3) is 1.00. The molecule has 1 aromatic heterocycles. The minimum Gasteiger partial charge on any atom is -0.470 e. The molecule has 11 heavy (non-hydrogen) atoms. The number of hydrogen-bond donors (Lipinski definition) is 0. The number of ether oxygens (including phenoxy) is 1. The van der Waals surface area contributed by atoms with Crippen molar-refractivity contribution in [1.29, 1.82) is 0 Å². The summed E-state index contributed by atoms with van der Waals surface area (Å²) >= 11 is 0. The Hall–Kier alpha value is -1.32. The van der Waals surface area contributed by atoms with Gasteiger partial charge in [-0.3, -0.25) is 4.79 Å². The van der Waals surface area contributed by atoms with Crippen LogP contribution < -0.4 is 4.74 Å². The quantitative estimate of drug-likeness (QED) is 0.531. The predicted molar refractivity (Wildman–Crippen MR) is 37.5 cm³/mol. The van der Waals surface area contributed by atoms with Gasteiger partial charge in [-0.05, 0) is 6.92 Å². The van der Waals surface area contributed by atoms with Crippen LogP contribution in [0.2, 0.25) is 0 Å². The Morgan fingerprint density at radius 3 is 3.36 bits per heavy atom. The largest absolute Gasteiger partial charge is 0.470 e. The van der Waals surface area contributed by atoms with Gasteiger partial charge >= 0.3 is 0 Å². The number of aromatic nitrogens is 2. The second-order valence-electron chi connectivity index (χ2n) is 2.61. The van der Waals surface area contributed by atoms with E-state index in [0.717, 1.165) is 5.69 Å². The molecule has 0 amide bonds. The van der Waals surface area contributed by atoms with Crippen molar-refractivity contribution in [2.45, 2.75) is 13.5 Å². The second kappa shape index (κ2) is 2.08. The zero-order valence-corrected chi connectivity index (χ0v) is 6.20. The molecule has 58 valence electrons. The molecule has 4 nitrogen and oxygen atoms in total. The molecule has 0 fully saturated rings. The van der Waals surface area contributed by atoms with Crippen LogP contribution in [0, 0.1) is 6.92 Å². The molecule has 0 radical (unpaired) electrons. The normalized spacial score (nSPS) is 15.9. The van der Waals surface area contributed by atoms with E-state index in [0.29, 0.717) is 12.4 Å². The molecular formula is C7H8N2O2. The summed E-state index contributed by atoms with van der Waals surface area (Å²) in [4.78, 5) is 10.8. The van der Waals surface area contributed by atoms with E-state index in [-0.39, 0.29) is 12.4 Å². The summed E-state index contributed by atoms with van der Waals surface area (Å²) in [5, 5.41) is 4.07. The summed E-state index contributed by atoms with van der Waals surface area (Å²) in [7, 11) is 0. The fourth-order valence-electron chi connectivity index (χ4n) is 1.12. The Morgan fingerprint density at radius 1 is 1.73 bits per heavy atom. The Bertz CT molecular complexity index is 303. The Morgan fingerprint density at radius 2 is 2.55 bits per heavy atom. The van der Waals surface area contributed by atoms with Crippen LogP contribution in [0.3, 0.4) is 0 Å². The number of rotatable bonds is 0. The lowest BCUT2D eigenvalue weighted by Gasteiger charge is -2.12. The van der Waals surface area contributed by atoms with Gasteiger partial charge in [-0.2, -0.15) is 5.10 Å². The molecule has 4 heteroatoms. The van der Waals surface area contributed by atoms with E-state index in [2.05, 4.69) is 5.10 Å². The van der Waals surface area contributed by atoms with Crippen molar-refractivity contribution in [3.05, 3.63) is 11.8 Å². The molecule has 2 rings (SSSR count). The smallest absolute Gasteiger partial charge is 0.212 e. The predicted octanol–water partition coefficient (Wildman–Crippen LogP) is 0.153. The molecule has 0 atom stereocenters. The van der Waals surface area contributed by atoms with Crippen LogP contribution in [0.4, 0.5) is 0 Å². The zero-order valence-electron chi connectivity index (χ0n) is 6.20. The molecule has 1 aromatic rings. The summed E-state index contributed by atoms with van der Waals surface area (Å²) in [6.45, 7) is 2.41. The molecule has 0 saturated carbocycles. The van der Waals surface area contributed by atoms with E-state index in [9.17, 15) is 4.79 Å². The SMILES string of the molecule is Cc1cc2n(n1)CC(=O)CO2. The topological polar surface area (TPSA) is 44.1 Å². The van der Waals surface area contributed by atoms with Gasteiger partial charge in [0.1, 0.15) is 6.54 Å². The van der Waals surface area contributed by atoms with E-state index in [1.54, 1.807) is 4.68 Å². The Kier molecular flexibility index (Phi) is 1.21. The van der Waals surface area contributed by atoms with Gasteiger partial charge in [0.2, 0.25) is 5.88 Å². The number of hydrogen-bond acceptors (Lipinski definition) is 3. The molecule has 0 aliphatic carbocycles. The number of aryl methyl sites for hydroxylation is 1. The van der Waals surface area contributed by atoms with E-state index in [1.807, 2.05) is 13.0 Å². The van der Waals surface area contributed by atoms with Gasteiger partial charge in [-0.15, -0.1) is 0 Å². The molecule has 0 unspecified atom stereocenters. The first-order valence-corrected chi connectivity index (χ1v) is 3.44. The van der Waals surface area contributed by atoms with Crippen molar-refractivity contribution in [2.24, 2.45) is 0 Å². The van der Waals surface area contributed by atoms with Crippen LogP contribution in [-0.4, -0.2) is 22.2 Å². The average molecular weight is 152 g/mol. The molecule has 1 aliphatic heterocycles. The second-order valence-corrected chi connectivity index (χ2v) is 2.61. The number of carbonyl (C=O) groups is 1. The molecule has 0 bridgehead atoms. The zero-order chi connectivity index (χ0) is 7.84. The van der Waals surface area contributed by atoms with Crippen LogP contribution in [-0.2, 0) is 11.3 Å². The van der Waals surface area contributed by atoms with Crippen molar-refractivity contribution in [2.75, 3.05) is 6.61 Å². The number of Topliss-reactive ketones (excluding diaryl/α,β-unsaturated/α-hetero) is 1. The van der Waals surface area contributed by atoms with Crippen LogP contribution in [0.15, 0.2) is 6.07 Å². The minimum atomic E-state index is 0.0700. The lowest BCUT2D eigenvalue weighted by molar-refractivity contribution is -0.123. The summed E-state index contributed by atoms with van der Waals surface area (Å²) < 4.78 is 6.69. The van der Waals surface area contributed by atoms with Gasteiger partial charge in [-0.1, -0.05) is 0 Å². The number of fused-ring (bicyclic) bond motifs is 1. The first-order valence-electron chi connectivity index (χ1n) is 3.44. The maximum absolute atomic E-state index is 10.8. The summed E-state index contributed by atoms with van der Waals surface area (Å²) in [5.74, 6) is 0.766. The minimum absolute atomic E-state index is 0.0700. The number of carbonyl (C=O) groups excluding carboxylic acids is 1. The highest BCUT2D eigenvalue weighted by molar-refractivity contribution is 5.80. The molecule has 0 saturated heterocycles. The van der Waals surface area contributed by atoms with Crippen molar-refractivity contribution >= 4 is 5.78 Å². The molecule has 0 N–H and O–H groups in total. The van der Waals surface area contributed by atoms with Crippen molar-refractivity contribution in [1.82, 2.24) is 9.78 Å². The molecule has 0 spiro atoms. The van der Waals surface area contributed by atoms with E-state index in [1.165, 1.54) is 0 Å². The highest BCUT2D eigenvalue weighted by atomic mass is 16.5. The molecular weight excluding hydrogens is 144 g/mol. The van der Waals surface area contributed by atoms with Gasteiger partial charge in [0, 0.05) is 6.07 Å². The monoisotopic (exact) mass is 152 g/mol. The first-order chi connectivity index (χ1) is 5.25. The van der Waals surface area contributed by atoms with Gasteiger partial charge < -0.3 is 4.74 Å². The maximum Gasteiger partial charge on any atom is 0.212 e. The van der Waals surface area contributed by atoms with Gasteiger partial charge in [0.05, 0.1) is 5.69 Å². The lowest BCUT2D eigenvalue weighted by atomic mass is 10.4. The van der Waals surface area contributed by atoms with Gasteiger partial charge in [0.25, 0.3) is 0 Å². The van der Waals surface area contributed by atoms with Crippen LogP contribution in [0.5, 0.6) is 5.88 Å². The summed E-state index contributed by atoms with van der Waals surface area (Å²) in [6, 6.07) is 1.83. The summed E-state index contributed by atoms with van der Waals surface area (Å²) in [5.41, 5.74) is 0.884. The lowest BCUT2D eigenvalue weighted by Crippen LogP contribution is -2.25. The Balaban J connectivity index is 2.41. The molecule has 2 heterocycles. The van der Waals surface area contributed by atoms with Crippen molar-refractivity contribution in [3.8, 4) is 5.88 Å². The summed E-state index contributed by atoms with van der Waals surface area (Å²) in [6.07, 6.45) is 0.